The van der Waals surface area contributed by atoms with Crippen molar-refractivity contribution in [2.75, 3.05) is 27.9 Å². The number of halogens is 1. The highest BCUT2D eigenvalue weighted by atomic mass is 19.1. The summed E-state index contributed by atoms with van der Waals surface area (Å²) in [6.07, 6.45) is 7.77. The summed E-state index contributed by atoms with van der Waals surface area (Å²) in [5.41, 5.74) is 5.42. The lowest BCUT2D eigenvalue weighted by molar-refractivity contribution is 0.0906. The Morgan fingerprint density at radius 3 is 2.60 bits per heavy atom. The Hall–Kier alpha value is -4.76. The van der Waals surface area contributed by atoms with Gasteiger partial charge in [0.1, 0.15) is 17.0 Å². The van der Waals surface area contributed by atoms with E-state index in [0.29, 0.717) is 46.9 Å². The number of aliphatic hydroxyl groups is 1. The van der Waals surface area contributed by atoms with E-state index in [2.05, 4.69) is 16.4 Å². The minimum absolute atomic E-state index is 0.208. The number of hydrogen-bond donors (Lipinski definition) is 3. The number of allylic oxidation sites excluding steroid dienone is 1. The number of nitrogens with zero attached hydrogens (tertiary/aromatic N) is 1. The van der Waals surface area contributed by atoms with Crippen molar-refractivity contribution in [3.63, 3.8) is 0 Å². The predicted molar refractivity (Wildman–Crippen MR) is 160 cm³/mol. The smallest absolute Gasteiger partial charge is 0.272 e. The van der Waals surface area contributed by atoms with E-state index in [1.54, 1.807) is 23.6 Å². The number of para-hydroxylation sites is 1. The van der Waals surface area contributed by atoms with Gasteiger partial charge in [-0.3, -0.25) is 9.20 Å². The normalized spacial score (nSPS) is 13.3. The Kier molecular flexibility index (Phi) is 7.34. The van der Waals surface area contributed by atoms with Crippen LogP contribution in [0.15, 0.2) is 60.8 Å². The van der Waals surface area contributed by atoms with Crippen molar-refractivity contribution < 1.29 is 28.5 Å². The average molecular weight is 570 g/mol. The summed E-state index contributed by atoms with van der Waals surface area (Å²) in [5, 5.41) is 14.4. The molecule has 3 heterocycles. The number of ether oxygens (including phenoxy) is 3. The predicted octanol–water partition coefficient (Wildman–Crippen LogP) is 5.55. The zero-order valence-corrected chi connectivity index (χ0v) is 23.7. The Labute approximate surface area is 242 Å². The highest BCUT2D eigenvalue weighted by Crippen LogP contribution is 2.49. The lowest BCUT2D eigenvalue weighted by Crippen LogP contribution is -2.40. The lowest BCUT2D eigenvalue weighted by Gasteiger charge is -2.23. The lowest BCUT2D eigenvalue weighted by atomic mass is 9.94. The molecule has 0 saturated carbocycles. The molecule has 0 radical (unpaired) electrons. The van der Waals surface area contributed by atoms with Crippen LogP contribution in [0.2, 0.25) is 0 Å². The second-order valence-electron chi connectivity index (χ2n) is 10.2. The molecule has 2 aromatic carbocycles. The van der Waals surface area contributed by atoms with Crippen LogP contribution in [0, 0.1) is 5.82 Å². The van der Waals surface area contributed by atoms with Gasteiger partial charge < -0.3 is 29.6 Å². The molecule has 1 amide bonds. The maximum Gasteiger partial charge on any atom is 0.272 e. The molecule has 42 heavy (non-hydrogen) atoms. The molecule has 6 rings (SSSR count). The van der Waals surface area contributed by atoms with Crippen LogP contribution in [0.3, 0.4) is 0 Å². The maximum absolute atomic E-state index is 14.5. The SMILES string of the molecule is COc1c2c(c3c(OC)c(OC)c(-c4cccc(F)c4)n3c1C(=O)NC(CO)Cc1c[nH]c3ccccc13)C=CCC2. The number of pyridine rings is 1. The molecule has 1 atom stereocenters. The summed E-state index contributed by atoms with van der Waals surface area (Å²) >= 11 is 0. The van der Waals surface area contributed by atoms with Crippen LogP contribution < -0.4 is 19.5 Å². The Balaban J connectivity index is 1.56. The van der Waals surface area contributed by atoms with E-state index in [9.17, 15) is 14.3 Å². The number of carbonyl (C=O) groups excluding carboxylic acids is 1. The third-order valence-corrected chi connectivity index (χ3v) is 7.84. The number of nitrogens with one attached hydrogen (secondary N) is 2. The van der Waals surface area contributed by atoms with Crippen molar-refractivity contribution in [1.82, 2.24) is 14.7 Å². The topological polar surface area (TPSA) is 97.2 Å². The van der Waals surface area contributed by atoms with Gasteiger partial charge in [-0.15, -0.1) is 0 Å². The fourth-order valence-corrected chi connectivity index (χ4v) is 6.04. The van der Waals surface area contributed by atoms with Gasteiger partial charge in [0.2, 0.25) is 0 Å². The Bertz CT molecular complexity index is 1840. The monoisotopic (exact) mass is 569 g/mol. The number of fused-ring (bicyclic) bond motifs is 4. The quantitative estimate of drug-likeness (QED) is 0.217. The number of carbonyl (C=O) groups is 1. The minimum Gasteiger partial charge on any atom is -0.494 e. The second kappa shape index (κ2) is 11.3. The molecule has 8 nitrogen and oxygen atoms in total. The standard InChI is InChI=1S/C33H32FN3O5/c1-40-30-25-13-5-4-12-24(25)28-32(42-3)31(41-2)27(19-9-8-10-21(34)15-19)37(28)29(30)33(39)36-22(18-38)16-20-17-35-26-14-7-6-11-23(20)26/h4,6-12,14-15,17,22,35,38H,5,13,16,18H2,1-3H3,(H,36,39). The number of benzene rings is 2. The van der Waals surface area contributed by atoms with Crippen molar-refractivity contribution in [2.45, 2.75) is 25.3 Å². The van der Waals surface area contributed by atoms with Crippen LogP contribution in [0.4, 0.5) is 4.39 Å². The highest BCUT2D eigenvalue weighted by Gasteiger charge is 2.33. The number of methoxy groups -OCH3 is 3. The first kappa shape index (κ1) is 27.4. The van der Waals surface area contributed by atoms with E-state index < -0.39 is 17.8 Å². The van der Waals surface area contributed by atoms with Crippen molar-refractivity contribution in [3.05, 3.63) is 89.0 Å². The number of aliphatic hydroxyl groups excluding tert-OH is 1. The number of hydrogen-bond acceptors (Lipinski definition) is 5. The molecule has 0 fully saturated rings. The molecule has 1 unspecified atom stereocenters. The number of aromatic nitrogens is 2. The van der Waals surface area contributed by atoms with Gasteiger partial charge in [-0.25, -0.2) is 4.39 Å². The van der Waals surface area contributed by atoms with Gasteiger partial charge in [0.05, 0.1) is 34.0 Å². The third kappa shape index (κ3) is 4.46. The van der Waals surface area contributed by atoms with E-state index in [1.807, 2.05) is 36.5 Å². The second-order valence-corrected chi connectivity index (χ2v) is 10.2. The van der Waals surface area contributed by atoms with Gasteiger partial charge >= 0.3 is 0 Å². The van der Waals surface area contributed by atoms with E-state index >= 15 is 0 Å². The summed E-state index contributed by atoms with van der Waals surface area (Å²) in [6, 6.07) is 13.4. The summed E-state index contributed by atoms with van der Waals surface area (Å²) in [5.74, 6) is 0.309. The number of H-pyrrole nitrogens is 1. The third-order valence-electron chi connectivity index (χ3n) is 7.84. The molecule has 9 heteroatoms. The van der Waals surface area contributed by atoms with Gasteiger partial charge in [0.25, 0.3) is 5.91 Å². The molecular weight excluding hydrogens is 537 g/mol. The Morgan fingerprint density at radius 2 is 1.86 bits per heavy atom. The highest BCUT2D eigenvalue weighted by molar-refractivity contribution is 6.02. The fourth-order valence-electron chi connectivity index (χ4n) is 6.04. The summed E-state index contributed by atoms with van der Waals surface area (Å²) < 4.78 is 33.9. The van der Waals surface area contributed by atoms with E-state index in [4.69, 9.17) is 14.2 Å². The number of aromatic amines is 1. The first-order valence-corrected chi connectivity index (χ1v) is 13.8. The number of rotatable bonds is 9. The molecule has 1 aliphatic rings. The molecule has 216 valence electrons. The zero-order chi connectivity index (χ0) is 29.4. The zero-order valence-electron chi connectivity index (χ0n) is 23.7. The Morgan fingerprint density at radius 1 is 1.07 bits per heavy atom. The van der Waals surface area contributed by atoms with Crippen LogP contribution in [-0.2, 0) is 12.8 Å². The average Bonchev–Trinajstić information content (AvgIpc) is 3.58. The van der Waals surface area contributed by atoms with Crippen molar-refractivity contribution >= 4 is 28.4 Å². The first-order valence-electron chi connectivity index (χ1n) is 13.8. The molecule has 5 aromatic rings. The molecular formula is C33H32FN3O5. The van der Waals surface area contributed by atoms with Crippen LogP contribution in [-0.4, -0.2) is 54.4 Å². The van der Waals surface area contributed by atoms with Gasteiger partial charge in [-0.1, -0.05) is 42.5 Å². The van der Waals surface area contributed by atoms with Gasteiger partial charge in [0, 0.05) is 33.8 Å². The van der Waals surface area contributed by atoms with Crippen LogP contribution in [0.25, 0.3) is 33.8 Å². The van der Waals surface area contributed by atoms with Gasteiger partial charge in [0.15, 0.2) is 22.9 Å². The summed E-state index contributed by atoms with van der Waals surface area (Å²) in [6.45, 7) is -0.278. The van der Waals surface area contributed by atoms with Crippen LogP contribution >= 0.6 is 0 Å². The van der Waals surface area contributed by atoms with Crippen molar-refractivity contribution in [1.29, 1.82) is 0 Å². The fraction of sp³-hybridized carbons (Fsp3) is 0.242. The van der Waals surface area contributed by atoms with E-state index in [0.717, 1.165) is 34.0 Å². The van der Waals surface area contributed by atoms with Crippen LogP contribution in [0.1, 0.15) is 33.6 Å². The largest absolute Gasteiger partial charge is 0.494 e. The maximum atomic E-state index is 14.5. The molecule has 3 aromatic heterocycles. The van der Waals surface area contributed by atoms with Crippen molar-refractivity contribution in [2.24, 2.45) is 0 Å². The van der Waals surface area contributed by atoms with E-state index in [1.165, 1.54) is 26.4 Å². The van der Waals surface area contributed by atoms with Crippen molar-refractivity contribution in [3.8, 4) is 28.5 Å². The summed E-state index contributed by atoms with van der Waals surface area (Å²) in [7, 11) is 4.59. The molecule has 0 aliphatic heterocycles. The van der Waals surface area contributed by atoms with Crippen LogP contribution in [0.5, 0.6) is 17.2 Å². The minimum atomic E-state index is -0.593. The molecule has 0 saturated heterocycles. The van der Waals surface area contributed by atoms with Gasteiger partial charge in [-0.05, 0) is 43.0 Å². The van der Waals surface area contributed by atoms with E-state index in [-0.39, 0.29) is 12.3 Å². The molecule has 0 spiro atoms. The number of amides is 1. The molecule has 1 aliphatic carbocycles. The first-order chi connectivity index (χ1) is 20.5. The molecule has 3 N–H and O–H groups in total. The molecule has 0 bridgehead atoms. The van der Waals surface area contributed by atoms with Gasteiger partial charge in [-0.2, -0.15) is 0 Å². The summed E-state index contributed by atoms with van der Waals surface area (Å²) in [4.78, 5) is 17.6.